The van der Waals surface area contributed by atoms with Crippen LogP contribution in [0.1, 0.15) is 19.4 Å². The molecule has 1 aromatic rings. The number of hydrogen-bond donors (Lipinski definition) is 3. The second-order valence-electron chi connectivity index (χ2n) is 4.50. The number of aliphatic imine (C=N–C) groups is 1. The van der Waals surface area contributed by atoms with E-state index in [9.17, 15) is 5.11 Å². The molecule has 0 saturated carbocycles. The van der Waals surface area contributed by atoms with Crippen molar-refractivity contribution in [3.8, 4) is 5.75 Å². The van der Waals surface area contributed by atoms with Crippen molar-refractivity contribution in [1.29, 1.82) is 0 Å². The second kappa shape index (κ2) is 14.2. The van der Waals surface area contributed by atoms with Crippen molar-refractivity contribution in [2.24, 2.45) is 4.99 Å². The van der Waals surface area contributed by atoms with Crippen LogP contribution < -0.4 is 10.2 Å². The van der Waals surface area contributed by atoms with E-state index in [0.29, 0.717) is 13.1 Å². The van der Waals surface area contributed by atoms with Crippen molar-refractivity contribution in [2.45, 2.75) is 13.8 Å². The summed E-state index contributed by atoms with van der Waals surface area (Å²) in [4.78, 5) is 6.43. The van der Waals surface area contributed by atoms with Crippen LogP contribution in [0.3, 0.4) is 0 Å². The van der Waals surface area contributed by atoms with Crippen molar-refractivity contribution >= 4 is 11.9 Å². The van der Waals surface area contributed by atoms with Crippen molar-refractivity contribution < 1.29 is 33.7 Å². The normalized spacial score (nSPS) is 10.0. The minimum absolute atomic E-state index is 0.136. The molecule has 0 radical (unpaired) electrons. The van der Waals surface area contributed by atoms with Crippen LogP contribution in [0.2, 0.25) is 0 Å². The summed E-state index contributed by atoms with van der Waals surface area (Å²) in [6, 6.07) is 5.66. The van der Waals surface area contributed by atoms with E-state index in [4.69, 9.17) is 12.5 Å². The summed E-state index contributed by atoms with van der Waals surface area (Å²) < 4.78 is 16.9. The Morgan fingerprint density at radius 3 is 2.43 bits per heavy atom. The number of rotatable bonds is 9. The molecule has 7 nitrogen and oxygen atoms in total. The number of nitrogens with one attached hydrogen (secondary N) is 1. The van der Waals surface area contributed by atoms with Gasteiger partial charge in [-0.2, -0.15) is 0 Å². The maximum atomic E-state index is 10.0. The molecule has 0 bridgehead atoms. The third kappa shape index (κ3) is 9.35. The van der Waals surface area contributed by atoms with Crippen LogP contribution in [-0.2, 0) is 23.5 Å². The fraction of sp³-hybridized carbons (Fsp3) is 0.533. The molecule has 0 aliphatic heterocycles. The first kappa shape index (κ1) is 21.6. The van der Waals surface area contributed by atoms with Gasteiger partial charge in [-0.25, -0.2) is 0 Å². The zero-order valence-corrected chi connectivity index (χ0v) is 15.0. The maximum absolute atomic E-state index is 10.0. The van der Waals surface area contributed by atoms with Crippen molar-refractivity contribution in [3.05, 3.63) is 23.8 Å². The fourth-order valence-electron chi connectivity index (χ4n) is 1.94. The molecule has 0 atom stereocenters. The zero-order chi connectivity index (χ0) is 17.5. The second-order valence-corrected chi connectivity index (χ2v) is 4.73. The number of phenols is 1. The molecule has 1 rings (SSSR count). The van der Waals surface area contributed by atoms with Gasteiger partial charge in [-0.05, 0) is 26.0 Å². The summed E-state index contributed by atoms with van der Waals surface area (Å²) in [5, 5.41) is 21.7. The Hall–Kier alpha value is -1.41. The molecule has 0 amide bonds. The van der Waals surface area contributed by atoms with Crippen LogP contribution in [0.25, 0.3) is 0 Å². The van der Waals surface area contributed by atoms with Gasteiger partial charge in [0, 0.05) is 49.7 Å². The number of aliphatic hydroxyl groups is 1. The molecule has 0 heterocycles. The summed E-state index contributed by atoms with van der Waals surface area (Å²) in [5.41, 5.74) is 1.75. The molecule has 0 spiro atoms. The van der Waals surface area contributed by atoms with Gasteiger partial charge in [-0.3, -0.25) is 4.99 Å². The summed E-state index contributed by atoms with van der Waals surface area (Å²) in [7, 11) is 0. The molecule has 0 saturated heterocycles. The Kier molecular flexibility index (Phi) is 13.3. The van der Waals surface area contributed by atoms with E-state index >= 15 is 0 Å². The Labute approximate surface area is 144 Å². The molecular formula is C15H25N3O4V. The fourth-order valence-corrected chi connectivity index (χ4v) is 1.94. The van der Waals surface area contributed by atoms with E-state index in [2.05, 4.69) is 29.1 Å². The Balaban J connectivity index is 0.00000149. The van der Waals surface area contributed by atoms with Crippen molar-refractivity contribution in [1.82, 2.24) is 5.32 Å². The molecule has 0 aromatic heterocycles. The van der Waals surface area contributed by atoms with Crippen LogP contribution in [0, 0.1) is 0 Å². The zero-order valence-electron chi connectivity index (χ0n) is 13.6. The Bertz CT molecular complexity index is 501. The van der Waals surface area contributed by atoms with E-state index < -0.39 is 16.2 Å². The van der Waals surface area contributed by atoms with Gasteiger partial charge in [0.15, 0.2) is 0 Å². The third-order valence-corrected chi connectivity index (χ3v) is 3.08. The molecule has 1 aromatic carbocycles. The SMILES string of the molecule is CCN(CC)c1ccc(C=NCCNCCO)c(O)c1.[O]=[V]=[O]. The molecular weight excluding hydrogens is 337 g/mol. The Morgan fingerprint density at radius 2 is 1.91 bits per heavy atom. The number of phenolic OH excluding ortho intramolecular Hbond substituents is 1. The van der Waals surface area contributed by atoms with Gasteiger partial charge in [0.25, 0.3) is 0 Å². The van der Waals surface area contributed by atoms with Crippen molar-refractivity contribution in [3.63, 3.8) is 0 Å². The molecule has 0 aliphatic carbocycles. The average molecular weight is 362 g/mol. The minimum atomic E-state index is -1.81. The van der Waals surface area contributed by atoms with Crippen LogP contribution in [0.5, 0.6) is 5.75 Å². The van der Waals surface area contributed by atoms with E-state index in [1.165, 1.54) is 0 Å². The molecule has 0 fully saturated rings. The van der Waals surface area contributed by atoms with Gasteiger partial charge in [0.1, 0.15) is 5.75 Å². The van der Waals surface area contributed by atoms with Gasteiger partial charge in [-0.1, -0.05) is 0 Å². The molecule has 129 valence electrons. The van der Waals surface area contributed by atoms with Crippen LogP contribution in [0.15, 0.2) is 23.2 Å². The van der Waals surface area contributed by atoms with E-state index in [1.807, 2.05) is 12.1 Å². The first-order chi connectivity index (χ1) is 11.1. The Morgan fingerprint density at radius 1 is 1.26 bits per heavy atom. The van der Waals surface area contributed by atoms with Gasteiger partial charge < -0.3 is 20.4 Å². The molecule has 0 aliphatic rings. The topological polar surface area (TPSA) is 102 Å². The van der Waals surface area contributed by atoms with Gasteiger partial charge in [0.05, 0.1) is 13.2 Å². The molecule has 8 heteroatoms. The quantitative estimate of drug-likeness (QED) is 0.447. The first-order valence-corrected chi connectivity index (χ1v) is 8.62. The molecule has 3 N–H and O–H groups in total. The predicted octanol–water partition coefficient (Wildman–Crippen LogP) is 0.999. The molecule has 0 unspecified atom stereocenters. The summed E-state index contributed by atoms with van der Waals surface area (Å²) in [6.07, 6.45) is 1.68. The number of anilines is 1. The van der Waals surface area contributed by atoms with E-state index in [0.717, 1.165) is 30.9 Å². The van der Waals surface area contributed by atoms with E-state index in [-0.39, 0.29) is 12.4 Å². The standard InChI is InChI=1S/C15H25N3O2.2O.V/c1-3-18(4-2)14-6-5-13(15(20)11-14)12-17-8-7-16-9-10-19;;;/h5-6,11-12,16,19-20H,3-4,7-10H2,1-2H3;;;. The van der Waals surface area contributed by atoms with E-state index in [1.54, 1.807) is 12.3 Å². The van der Waals surface area contributed by atoms with Gasteiger partial charge >= 0.3 is 23.5 Å². The third-order valence-electron chi connectivity index (χ3n) is 3.08. The monoisotopic (exact) mass is 362 g/mol. The van der Waals surface area contributed by atoms with Crippen molar-refractivity contribution in [2.75, 3.05) is 44.2 Å². The first-order valence-electron chi connectivity index (χ1n) is 7.48. The predicted molar refractivity (Wildman–Crippen MR) is 85.5 cm³/mol. The summed E-state index contributed by atoms with van der Waals surface area (Å²) in [5.74, 6) is 0.251. The molecule has 23 heavy (non-hydrogen) atoms. The van der Waals surface area contributed by atoms with Gasteiger partial charge in [0.2, 0.25) is 0 Å². The summed E-state index contributed by atoms with van der Waals surface area (Å²) in [6.45, 7) is 8.08. The number of nitrogens with zero attached hydrogens (tertiary/aromatic N) is 2. The summed E-state index contributed by atoms with van der Waals surface area (Å²) >= 11 is -1.81. The average Bonchev–Trinajstić information content (AvgIpc) is 2.54. The van der Waals surface area contributed by atoms with Crippen LogP contribution in [-0.4, -0.2) is 55.8 Å². The number of aliphatic hydroxyl groups excluding tert-OH is 1. The number of aromatic hydroxyl groups is 1. The number of benzene rings is 1. The van der Waals surface area contributed by atoms with Crippen LogP contribution in [0.4, 0.5) is 5.69 Å². The number of hydrogen-bond acceptors (Lipinski definition) is 7. The van der Waals surface area contributed by atoms with Gasteiger partial charge in [-0.15, -0.1) is 0 Å². The van der Waals surface area contributed by atoms with Crippen LogP contribution >= 0.6 is 0 Å².